The van der Waals surface area contributed by atoms with Crippen molar-refractivity contribution in [3.63, 3.8) is 0 Å². The zero-order valence-corrected chi connectivity index (χ0v) is 9.13. The molecule has 2 aromatic rings. The van der Waals surface area contributed by atoms with Crippen molar-refractivity contribution in [3.05, 3.63) is 53.4 Å². The zero-order chi connectivity index (χ0) is 12.4. The number of aryl methyl sites for hydroxylation is 1. The molecule has 0 saturated heterocycles. The van der Waals surface area contributed by atoms with Gasteiger partial charge in [-0.1, -0.05) is 6.07 Å². The number of imidazole rings is 1. The predicted molar refractivity (Wildman–Crippen MR) is 58.4 cm³/mol. The van der Waals surface area contributed by atoms with Crippen LogP contribution < -0.4 is 0 Å². The number of nitriles is 1. The van der Waals surface area contributed by atoms with Gasteiger partial charge in [0.2, 0.25) is 0 Å². The largest absolute Gasteiger partial charge is 0.382 e. The lowest BCUT2D eigenvalue weighted by atomic mass is 10.0. The molecule has 1 aromatic heterocycles. The molecule has 0 fully saturated rings. The minimum Gasteiger partial charge on any atom is -0.382 e. The van der Waals surface area contributed by atoms with Gasteiger partial charge in [0, 0.05) is 13.2 Å². The number of benzene rings is 1. The highest BCUT2D eigenvalue weighted by atomic mass is 19.1. The van der Waals surface area contributed by atoms with Crippen LogP contribution in [0.2, 0.25) is 0 Å². The van der Waals surface area contributed by atoms with Crippen LogP contribution in [0.25, 0.3) is 0 Å². The Labute approximate surface area is 97.6 Å². The van der Waals surface area contributed by atoms with Gasteiger partial charge in [-0.2, -0.15) is 5.26 Å². The summed E-state index contributed by atoms with van der Waals surface area (Å²) in [5.41, 5.74) is 0.777. The van der Waals surface area contributed by atoms with E-state index in [0.29, 0.717) is 11.3 Å². The highest BCUT2D eigenvalue weighted by Crippen LogP contribution is 2.21. The Balaban J connectivity index is 2.35. The molecule has 0 saturated carbocycles. The summed E-state index contributed by atoms with van der Waals surface area (Å²) < 4.78 is 15.1. The van der Waals surface area contributed by atoms with E-state index in [1.807, 2.05) is 0 Å². The van der Waals surface area contributed by atoms with E-state index in [1.165, 1.54) is 12.1 Å². The molecule has 1 N–H and O–H groups in total. The fourth-order valence-electron chi connectivity index (χ4n) is 1.54. The topological polar surface area (TPSA) is 61.8 Å². The molecule has 17 heavy (non-hydrogen) atoms. The lowest BCUT2D eigenvalue weighted by Gasteiger charge is -2.08. The van der Waals surface area contributed by atoms with Crippen LogP contribution in [-0.2, 0) is 7.05 Å². The Hall–Kier alpha value is -2.19. The molecule has 86 valence electrons. The molecule has 0 aliphatic heterocycles. The second-order valence-electron chi connectivity index (χ2n) is 3.72. The number of halogens is 1. The van der Waals surface area contributed by atoms with Gasteiger partial charge < -0.3 is 9.67 Å². The highest BCUT2D eigenvalue weighted by molar-refractivity contribution is 5.35. The van der Waals surface area contributed by atoms with Gasteiger partial charge in [-0.25, -0.2) is 9.37 Å². The molecule has 1 heterocycles. The van der Waals surface area contributed by atoms with Crippen molar-refractivity contribution in [2.75, 3.05) is 0 Å². The Morgan fingerprint density at radius 3 is 2.82 bits per heavy atom. The Kier molecular flexibility index (Phi) is 2.90. The number of aromatic nitrogens is 2. The van der Waals surface area contributed by atoms with Crippen LogP contribution in [0, 0.1) is 17.1 Å². The summed E-state index contributed by atoms with van der Waals surface area (Å²) in [6, 6.07) is 5.74. The van der Waals surface area contributed by atoms with E-state index in [2.05, 4.69) is 4.98 Å². The molecule has 0 aliphatic rings. The molecule has 4 nitrogen and oxygen atoms in total. The molecule has 0 spiro atoms. The molecule has 0 bridgehead atoms. The maximum Gasteiger partial charge on any atom is 0.141 e. The summed E-state index contributed by atoms with van der Waals surface area (Å²) in [5.74, 6) is -0.639. The molecule has 5 heteroatoms. The second-order valence-corrected chi connectivity index (χ2v) is 3.72. The summed E-state index contributed by atoms with van der Waals surface area (Å²) in [6.45, 7) is 0. The Bertz CT molecular complexity index is 586. The third-order valence-electron chi connectivity index (χ3n) is 2.43. The van der Waals surface area contributed by atoms with Crippen molar-refractivity contribution in [1.29, 1.82) is 5.26 Å². The van der Waals surface area contributed by atoms with Gasteiger partial charge in [0.15, 0.2) is 0 Å². The van der Waals surface area contributed by atoms with E-state index in [9.17, 15) is 9.50 Å². The van der Waals surface area contributed by atoms with Gasteiger partial charge in [0.05, 0.1) is 17.6 Å². The third kappa shape index (κ3) is 2.17. The first-order chi connectivity index (χ1) is 8.11. The van der Waals surface area contributed by atoms with Crippen molar-refractivity contribution in [2.45, 2.75) is 6.10 Å². The van der Waals surface area contributed by atoms with Crippen molar-refractivity contribution in [3.8, 4) is 6.07 Å². The summed E-state index contributed by atoms with van der Waals surface area (Å²) in [7, 11) is 1.78. The first-order valence-electron chi connectivity index (χ1n) is 4.97. The van der Waals surface area contributed by atoms with Gasteiger partial charge in [-0.3, -0.25) is 0 Å². The van der Waals surface area contributed by atoms with Crippen molar-refractivity contribution in [1.82, 2.24) is 9.55 Å². The van der Waals surface area contributed by atoms with Crippen LogP contribution in [-0.4, -0.2) is 14.7 Å². The molecule has 1 aromatic carbocycles. The SMILES string of the molecule is Cn1cnc(C(O)c2ccc(C#N)c(F)c2)c1. The summed E-state index contributed by atoms with van der Waals surface area (Å²) in [6.07, 6.45) is 2.22. The molecular weight excluding hydrogens is 221 g/mol. The van der Waals surface area contributed by atoms with E-state index < -0.39 is 11.9 Å². The van der Waals surface area contributed by atoms with Gasteiger partial charge >= 0.3 is 0 Å². The minimum atomic E-state index is -0.988. The average Bonchev–Trinajstić information content (AvgIpc) is 2.75. The maximum atomic E-state index is 13.4. The van der Waals surface area contributed by atoms with Crippen molar-refractivity contribution < 1.29 is 9.50 Å². The third-order valence-corrected chi connectivity index (χ3v) is 2.43. The van der Waals surface area contributed by atoms with Crippen molar-refractivity contribution >= 4 is 0 Å². The summed E-state index contributed by atoms with van der Waals surface area (Å²) >= 11 is 0. The van der Waals surface area contributed by atoms with Gasteiger partial charge in [0.1, 0.15) is 18.0 Å². The maximum absolute atomic E-state index is 13.4. The molecule has 0 amide bonds. The average molecular weight is 231 g/mol. The number of aliphatic hydroxyl groups excluding tert-OH is 1. The smallest absolute Gasteiger partial charge is 0.141 e. The van der Waals surface area contributed by atoms with Gasteiger partial charge in [-0.05, 0) is 17.7 Å². The molecule has 1 unspecified atom stereocenters. The number of hydrogen-bond acceptors (Lipinski definition) is 3. The van der Waals surface area contributed by atoms with Crippen LogP contribution >= 0.6 is 0 Å². The molecule has 0 aliphatic carbocycles. The molecule has 1 atom stereocenters. The fourth-order valence-corrected chi connectivity index (χ4v) is 1.54. The lowest BCUT2D eigenvalue weighted by molar-refractivity contribution is 0.215. The number of rotatable bonds is 2. The van der Waals surface area contributed by atoms with Crippen LogP contribution in [0.1, 0.15) is 22.9 Å². The number of aliphatic hydroxyl groups is 1. The minimum absolute atomic E-state index is 0.0398. The zero-order valence-electron chi connectivity index (χ0n) is 9.13. The van der Waals surface area contributed by atoms with Gasteiger partial charge in [0.25, 0.3) is 0 Å². The van der Waals surface area contributed by atoms with E-state index in [-0.39, 0.29) is 5.56 Å². The molecule has 0 radical (unpaired) electrons. The molecule has 2 rings (SSSR count). The van der Waals surface area contributed by atoms with Crippen LogP contribution in [0.4, 0.5) is 4.39 Å². The predicted octanol–water partition coefficient (Wildman–Crippen LogP) is 1.51. The standard InChI is InChI=1S/C12H10FN3O/c1-16-6-11(15-7-16)12(17)8-2-3-9(5-14)10(13)4-8/h2-4,6-7,12,17H,1H3. The van der Waals surface area contributed by atoms with Gasteiger partial charge in [-0.15, -0.1) is 0 Å². The Morgan fingerprint density at radius 1 is 1.53 bits per heavy atom. The highest BCUT2D eigenvalue weighted by Gasteiger charge is 2.14. The summed E-state index contributed by atoms with van der Waals surface area (Å²) in [4.78, 5) is 3.99. The number of nitrogens with zero attached hydrogens (tertiary/aromatic N) is 3. The van der Waals surface area contributed by atoms with E-state index >= 15 is 0 Å². The fraction of sp³-hybridized carbons (Fsp3) is 0.167. The first-order valence-corrected chi connectivity index (χ1v) is 4.97. The van der Waals surface area contributed by atoms with E-state index in [1.54, 1.807) is 30.2 Å². The number of hydrogen-bond donors (Lipinski definition) is 1. The lowest BCUT2D eigenvalue weighted by Crippen LogP contribution is -2.01. The van der Waals surface area contributed by atoms with E-state index in [0.717, 1.165) is 6.07 Å². The van der Waals surface area contributed by atoms with Crippen LogP contribution in [0.15, 0.2) is 30.7 Å². The van der Waals surface area contributed by atoms with Crippen molar-refractivity contribution in [2.24, 2.45) is 7.05 Å². The monoisotopic (exact) mass is 231 g/mol. The van der Waals surface area contributed by atoms with E-state index in [4.69, 9.17) is 5.26 Å². The first kappa shape index (κ1) is 11.3. The summed E-state index contributed by atoms with van der Waals surface area (Å²) in [5, 5.41) is 18.6. The van der Waals surface area contributed by atoms with Crippen LogP contribution in [0.5, 0.6) is 0 Å². The van der Waals surface area contributed by atoms with Crippen LogP contribution in [0.3, 0.4) is 0 Å². The molecular formula is C12H10FN3O. The Morgan fingerprint density at radius 2 is 2.29 bits per heavy atom. The quantitative estimate of drug-likeness (QED) is 0.852. The normalized spacial score (nSPS) is 12.1. The second kappa shape index (κ2) is 4.36.